The Morgan fingerprint density at radius 1 is 1.04 bits per heavy atom. The average Bonchev–Trinajstić information content (AvgIpc) is 2.65. The topological polar surface area (TPSA) is 64.4 Å². The summed E-state index contributed by atoms with van der Waals surface area (Å²) < 4.78 is 5.40. The maximum atomic E-state index is 11.7. The SMILES string of the molecule is CCCCCC[C@H]([C@H](CCCCC)NCc1ccccc1OC)[N+](=O)[O-]. The van der Waals surface area contributed by atoms with E-state index in [1.54, 1.807) is 7.11 Å². The van der Waals surface area contributed by atoms with E-state index in [9.17, 15) is 10.1 Å². The van der Waals surface area contributed by atoms with Gasteiger partial charge >= 0.3 is 0 Å². The zero-order chi connectivity index (χ0) is 19.2. The highest BCUT2D eigenvalue weighted by molar-refractivity contribution is 5.33. The molecule has 0 aliphatic heterocycles. The minimum absolute atomic E-state index is 0.0716. The third kappa shape index (κ3) is 8.17. The van der Waals surface area contributed by atoms with Crippen molar-refractivity contribution in [2.75, 3.05) is 7.11 Å². The largest absolute Gasteiger partial charge is 0.496 e. The fourth-order valence-corrected chi connectivity index (χ4v) is 3.37. The van der Waals surface area contributed by atoms with Crippen LogP contribution in [0.4, 0.5) is 0 Å². The average molecular weight is 365 g/mol. The second-order valence-electron chi connectivity index (χ2n) is 7.00. The Balaban J connectivity index is 2.74. The molecule has 5 nitrogen and oxygen atoms in total. The number of nitrogens with one attached hydrogen (secondary N) is 1. The van der Waals surface area contributed by atoms with Gasteiger partial charge in [0.05, 0.1) is 13.2 Å². The summed E-state index contributed by atoms with van der Waals surface area (Å²) in [5.74, 6) is 0.827. The zero-order valence-corrected chi connectivity index (χ0v) is 16.7. The third-order valence-electron chi connectivity index (χ3n) is 4.95. The highest BCUT2D eigenvalue weighted by atomic mass is 16.6. The number of nitrogens with zero attached hydrogens (tertiary/aromatic N) is 1. The maximum Gasteiger partial charge on any atom is 0.228 e. The van der Waals surface area contributed by atoms with Crippen LogP contribution in [0.15, 0.2) is 24.3 Å². The summed E-state index contributed by atoms with van der Waals surface area (Å²) in [4.78, 5) is 11.6. The van der Waals surface area contributed by atoms with Gasteiger partial charge in [-0.05, 0) is 18.9 Å². The van der Waals surface area contributed by atoms with Crippen molar-refractivity contribution in [3.8, 4) is 5.75 Å². The lowest BCUT2D eigenvalue weighted by Crippen LogP contribution is -2.44. The van der Waals surface area contributed by atoms with Crippen molar-refractivity contribution in [2.45, 2.75) is 90.3 Å². The standard InChI is InChI=1S/C21H36N2O3/c1-4-6-8-10-15-20(23(24)25)19(14-9-7-5-2)22-17-18-13-11-12-16-21(18)26-3/h11-13,16,19-20,22H,4-10,14-15,17H2,1-3H3/t19-,20+/m0/s1. The molecule has 0 heterocycles. The van der Waals surface area contributed by atoms with Crippen LogP contribution < -0.4 is 10.1 Å². The van der Waals surface area contributed by atoms with Crippen LogP contribution in [0.1, 0.15) is 77.2 Å². The Kier molecular flexibility index (Phi) is 11.7. The quantitative estimate of drug-likeness (QED) is 0.259. The summed E-state index contributed by atoms with van der Waals surface area (Å²) in [6, 6.07) is 7.24. The fourth-order valence-electron chi connectivity index (χ4n) is 3.37. The lowest BCUT2D eigenvalue weighted by atomic mass is 9.96. The lowest BCUT2D eigenvalue weighted by molar-refractivity contribution is -0.528. The molecule has 148 valence electrons. The molecule has 0 unspecified atom stereocenters. The minimum Gasteiger partial charge on any atom is -0.496 e. The van der Waals surface area contributed by atoms with E-state index in [1.807, 2.05) is 24.3 Å². The van der Waals surface area contributed by atoms with Crippen molar-refractivity contribution in [3.63, 3.8) is 0 Å². The lowest BCUT2D eigenvalue weighted by Gasteiger charge is -2.23. The minimum atomic E-state index is -0.515. The molecule has 2 atom stereocenters. The van der Waals surface area contributed by atoms with Gasteiger partial charge in [0, 0.05) is 23.5 Å². The first-order valence-electron chi connectivity index (χ1n) is 10.1. The molecule has 5 heteroatoms. The van der Waals surface area contributed by atoms with Crippen molar-refractivity contribution >= 4 is 0 Å². The molecular formula is C21H36N2O3. The van der Waals surface area contributed by atoms with Crippen LogP contribution in [0.25, 0.3) is 0 Å². The number of hydrogen-bond acceptors (Lipinski definition) is 4. The smallest absolute Gasteiger partial charge is 0.228 e. The molecule has 0 radical (unpaired) electrons. The van der Waals surface area contributed by atoms with Gasteiger partial charge in [0.15, 0.2) is 0 Å². The Morgan fingerprint density at radius 3 is 2.35 bits per heavy atom. The van der Waals surface area contributed by atoms with Gasteiger partial charge in [0.1, 0.15) is 5.75 Å². The van der Waals surface area contributed by atoms with Crippen LogP contribution in [-0.2, 0) is 6.54 Å². The number of rotatable bonds is 15. The van der Waals surface area contributed by atoms with E-state index in [2.05, 4.69) is 19.2 Å². The number of benzene rings is 1. The van der Waals surface area contributed by atoms with E-state index in [0.717, 1.165) is 62.7 Å². The van der Waals surface area contributed by atoms with Crippen molar-refractivity contribution in [1.29, 1.82) is 0 Å². The molecule has 0 amide bonds. The summed E-state index contributed by atoms with van der Waals surface area (Å²) in [7, 11) is 1.66. The molecule has 26 heavy (non-hydrogen) atoms. The van der Waals surface area contributed by atoms with E-state index in [0.29, 0.717) is 13.0 Å². The Morgan fingerprint density at radius 2 is 1.69 bits per heavy atom. The van der Waals surface area contributed by atoms with E-state index in [-0.39, 0.29) is 11.0 Å². The number of ether oxygens (including phenoxy) is 1. The molecule has 1 rings (SSSR count). The Labute approximate surface area is 158 Å². The zero-order valence-electron chi connectivity index (χ0n) is 16.7. The van der Waals surface area contributed by atoms with Crippen LogP contribution >= 0.6 is 0 Å². The van der Waals surface area contributed by atoms with Crippen molar-refractivity contribution < 1.29 is 9.66 Å². The van der Waals surface area contributed by atoms with Crippen LogP contribution in [0.2, 0.25) is 0 Å². The number of hydrogen-bond donors (Lipinski definition) is 1. The monoisotopic (exact) mass is 364 g/mol. The van der Waals surface area contributed by atoms with Gasteiger partial charge in [-0.25, -0.2) is 0 Å². The molecule has 1 aromatic carbocycles. The second kappa shape index (κ2) is 13.6. The molecule has 0 aliphatic carbocycles. The number of methoxy groups -OCH3 is 1. The van der Waals surface area contributed by atoms with Gasteiger partial charge in [-0.3, -0.25) is 10.1 Å². The molecular weight excluding hydrogens is 328 g/mol. The molecule has 0 fully saturated rings. The summed E-state index contributed by atoms with van der Waals surface area (Å²) in [6.07, 6.45) is 9.08. The molecule has 0 saturated heterocycles. The Hall–Kier alpha value is -1.62. The first-order valence-corrected chi connectivity index (χ1v) is 10.1. The van der Waals surface area contributed by atoms with Crippen LogP contribution in [0, 0.1) is 10.1 Å². The van der Waals surface area contributed by atoms with E-state index in [4.69, 9.17) is 4.74 Å². The molecule has 0 aliphatic rings. The van der Waals surface area contributed by atoms with Gasteiger partial charge in [-0.2, -0.15) is 0 Å². The molecule has 0 saturated carbocycles. The van der Waals surface area contributed by atoms with Gasteiger partial charge in [-0.15, -0.1) is 0 Å². The first kappa shape index (κ1) is 22.4. The molecule has 0 aromatic heterocycles. The molecule has 0 bridgehead atoms. The van der Waals surface area contributed by atoms with Gasteiger partial charge in [-0.1, -0.05) is 70.6 Å². The highest BCUT2D eigenvalue weighted by Crippen LogP contribution is 2.20. The molecule has 0 spiro atoms. The maximum absolute atomic E-state index is 11.7. The summed E-state index contributed by atoms with van der Waals surface area (Å²) >= 11 is 0. The van der Waals surface area contributed by atoms with Gasteiger partial charge < -0.3 is 10.1 Å². The number of unbranched alkanes of at least 4 members (excludes halogenated alkanes) is 5. The van der Waals surface area contributed by atoms with Crippen molar-refractivity contribution in [1.82, 2.24) is 5.32 Å². The fraction of sp³-hybridized carbons (Fsp3) is 0.714. The molecule has 1 aromatic rings. The number of nitro groups is 1. The Bertz CT molecular complexity index is 508. The highest BCUT2D eigenvalue weighted by Gasteiger charge is 2.30. The first-order chi connectivity index (χ1) is 12.6. The van der Waals surface area contributed by atoms with E-state index >= 15 is 0 Å². The third-order valence-corrected chi connectivity index (χ3v) is 4.95. The summed E-state index contributed by atoms with van der Waals surface area (Å²) in [5, 5.41) is 15.2. The predicted octanol–water partition coefficient (Wildman–Crippen LogP) is 5.35. The van der Waals surface area contributed by atoms with Gasteiger partial charge in [0.25, 0.3) is 0 Å². The normalized spacial score (nSPS) is 13.3. The van der Waals surface area contributed by atoms with Crippen LogP contribution in [-0.4, -0.2) is 24.1 Å². The number of para-hydroxylation sites is 1. The predicted molar refractivity (Wildman–Crippen MR) is 107 cm³/mol. The van der Waals surface area contributed by atoms with E-state index in [1.165, 1.54) is 0 Å². The van der Waals surface area contributed by atoms with Crippen LogP contribution in [0.3, 0.4) is 0 Å². The second-order valence-corrected chi connectivity index (χ2v) is 7.00. The summed E-state index contributed by atoms with van der Waals surface area (Å²) in [6.45, 7) is 4.92. The summed E-state index contributed by atoms with van der Waals surface area (Å²) in [5.41, 5.74) is 1.04. The van der Waals surface area contributed by atoms with Crippen molar-refractivity contribution in [3.05, 3.63) is 39.9 Å². The van der Waals surface area contributed by atoms with Crippen molar-refractivity contribution in [2.24, 2.45) is 0 Å². The van der Waals surface area contributed by atoms with Gasteiger partial charge in [0.2, 0.25) is 6.04 Å². The van der Waals surface area contributed by atoms with E-state index < -0.39 is 6.04 Å². The molecule has 1 N–H and O–H groups in total. The van der Waals surface area contributed by atoms with Crippen LogP contribution in [0.5, 0.6) is 5.75 Å².